The predicted octanol–water partition coefficient (Wildman–Crippen LogP) is 11.9. The lowest BCUT2D eigenvalue weighted by molar-refractivity contribution is 0.419. The molecular formula is C57H46O2Si. The molecule has 0 N–H and O–H groups in total. The predicted molar refractivity (Wildman–Crippen MR) is 249 cm³/mol. The molecule has 0 bridgehead atoms. The van der Waals surface area contributed by atoms with E-state index in [0.717, 1.165) is 34.1 Å². The molecule has 0 radical (unpaired) electrons. The summed E-state index contributed by atoms with van der Waals surface area (Å²) in [6.07, 6.45) is 0. The number of rotatable bonds is 3. The van der Waals surface area contributed by atoms with Gasteiger partial charge in [0.2, 0.25) is 0 Å². The van der Waals surface area contributed by atoms with Crippen LogP contribution in [0.5, 0.6) is 23.0 Å². The van der Waals surface area contributed by atoms with Crippen molar-refractivity contribution >= 4 is 28.8 Å². The highest BCUT2D eigenvalue weighted by molar-refractivity contribution is 7.21. The Hall–Kier alpha value is -6.42. The molecule has 0 fully saturated rings. The Bertz CT molecular complexity index is 3080. The summed E-state index contributed by atoms with van der Waals surface area (Å²) in [6, 6.07) is 63.5. The quantitative estimate of drug-likeness (QED) is 0.166. The summed E-state index contributed by atoms with van der Waals surface area (Å²) in [5.41, 5.74) is 14.4. The van der Waals surface area contributed by atoms with Gasteiger partial charge in [-0.25, -0.2) is 0 Å². The van der Waals surface area contributed by atoms with Crippen LogP contribution in [-0.2, 0) is 16.2 Å². The molecule has 0 aromatic heterocycles. The summed E-state index contributed by atoms with van der Waals surface area (Å²) in [7, 11) is -2.95. The molecule has 0 spiro atoms. The van der Waals surface area contributed by atoms with E-state index in [-0.39, 0.29) is 16.2 Å². The van der Waals surface area contributed by atoms with Gasteiger partial charge in [-0.05, 0) is 71.8 Å². The van der Waals surface area contributed by atoms with Crippen LogP contribution in [0.15, 0.2) is 170 Å². The van der Waals surface area contributed by atoms with Crippen molar-refractivity contribution in [3.63, 3.8) is 0 Å². The molecule has 60 heavy (non-hydrogen) atoms. The lowest BCUT2D eigenvalue weighted by atomic mass is 9.74. The second-order valence-corrected chi connectivity index (χ2v) is 22.5. The van der Waals surface area contributed by atoms with Gasteiger partial charge >= 0.3 is 0 Å². The first kappa shape index (κ1) is 35.5. The van der Waals surface area contributed by atoms with E-state index in [1.54, 1.807) is 0 Å². The molecule has 0 atom stereocenters. The van der Waals surface area contributed by atoms with Gasteiger partial charge in [0.25, 0.3) is 0 Å². The molecule has 0 unspecified atom stereocenters. The second kappa shape index (κ2) is 12.1. The van der Waals surface area contributed by atoms with E-state index in [1.807, 2.05) is 0 Å². The number of benzene rings is 8. The van der Waals surface area contributed by atoms with E-state index in [2.05, 4.69) is 211 Å². The molecule has 12 rings (SSSR count). The standard InChI is InChI=1S/C57H46O2Si/c1-55(2)41-24-14-13-22-39(41)51-44(55)32-33-49-54(51)59-52-38(23-17-27-48(52)60(49,36-18-9-7-10-19-36)37-20-11-8-12-21-37)35-28-29-40-46(34-35)57(5,6)43-30-31-45-53(50(40)43)58-47-26-16-15-25-42(47)56(45,3)4/h7-34H,1-6H3. The minimum atomic E-state index is -2.95. The van der Waals surface area contributed by atoms with E-state index in [9.17, 15) is 0 Å². The van der Waals surface area contributed by atoms with Gasteiger partial charge in [-0.2, -0.15) is 0 Å². The topological polar surface area (TPSA) is 18.5 Å². The summed E-state index contributed by atoms with van der Waals surface area (Å²) in [6.45, 7) is 14.1. The Morgan fingerprint density at radius 1 is 0.350 bits per heavy atom. The van der Waals surface area contributed by atoms with Crippen LogP contribution in [0.4, 0.5) is 0 Å². The first-order valence-corrected chi connectivity index (χ1v) is 23.3. The maximum Gasteiger partial charge on any atom is 0.188 e. The highest BCUT2D eigenvalue weighted by atomic mass is 28.3. The highest BCUT2D eigenvalue weighted by Gasteiger charge is 2.51. The van der Waals surface area contributed by atoms with Gasteiger partial charge in [0, 0.05) is 44.1 Å². The fraction of sp³-hybridized carbons (Fsp3) is 0.158. The fourth-order valence-electron chi connectivity index (χ4n) is 11.6. The zero-order chi connectivity index (χ0) is 40.8. The first-order chi connectivity index (χ1) is 29.0. The van der Waals surface area contributed by atoms with Crippen LogP contribution in [0.25, 0.3) is 33.4 Å². The Morgan fingerprint density at radius 2 is 0.883 bits per heavy atom. The Kier molecular flexibility index (Phi) is 7.15. The van der Waals surface area contributed by atoms with Crippen LogP contribution >= 0.6 is 0 Å². The van der Waals surface area contributed by atoms with E-state index >= 15 is 0 Å². The SMILES string of the molecule is CC1(C)c2ccccc2Oc2c1ccc1c2-c2ccc(-c3cccc4c3Oc3c(ccc5c3-c3ccccc3C5(C)C)[Si]4(c3ccccc3)c3ccccc3)cc2C1(C)C. The zero-order valence-corrected chi connectivity index (χ0v) is 36.0. The van der Waals surface area contributed by atoms with Crippen molar-refractivity contribution in [1.82, 2.24) is 0 Å². The number of hydrogen-bond donors (Lipinski definition) is 0. The van der Waals surface area contributed by atoms with Crippen molar-refractivity contribution in [2.75, 3.05) is 0 Å². The fourth-order valence-corrected chi connectivity index (χ4v) is 16.6. The number of hydrogen-bond acceptors (Lipinski definition) is 2. The second-order valence-electron chi connectivity index (χ2n) is 18.8. The van der Waals surface area contributed by atoms with Gasteiger partial charge in [0.1, 0.15) is 23.0 Å². The third kappa shape index (κ3) is 4.43. The average molecular weight is 791 g/mol. The van der Waals surface area contributed by atoms with Gasteiger partial charge < -0.3 is 9.47 Å². The van der Waals surface area contributed by atoms with Crippen molar-refractivity contribution in [3.8, 4) is 56.4 Å². The molecule has 0 amide bonds. The molecular weight excluding hydrogens is 745 g/mol. The maximum absolute atomic E-state index is 7.63. The van der Waals surface area contributed by atoms with Gasteiger partial charge in [-0.15, -0.1) is 0 Å². The lowest BCUT2D eigenvalue weighted by Gasteiger charge is -2.41. The van der Waals surface area contributed by atoms with Crippen molar-refractivity contribution in [2.45, 2.75) is 57.8 Å². The molecule has 2 nitrogen and oxygen atoms in total. The van der Waals surface area contributed by atoms with Crippen molar-refractivity contribution in [1.29, 1.82) is 0 Å². The molecule has 0 saturated carbocycles. The van der Waals surface area contributed by atoms with Crippen LogP contribution in [0, 0.1) is 0 Å². The van der Waals surface area contributed by atoms with Crippen molar-refractivity contribution in [3.05, 3.63) is 203 Å². The normalized spacial score (nSPS) is 17.0. The van der Waals surface area contributed by atoms with E-state index in [0.29, 0.717) is 0 Å². The molecule has 0 saturated heterocycles. The Balaban J connectivity index is 1.11. The smallest absolute Gasteiger partial charge is 0.188 e. The number of para-hydroxylation sites is 2. The molecule has 2 aliphatic carbocycles. The maximum atomic E-state index is 7.63. The van der Waals surface area contributed by atoms with Gasteiger partial charge in [-0.3, -0.25) is 0 Å². The van der Waals surface area contributed by atoms with Gasteiger partial charge in [-0.1, -0.05) is 199 Å². The first-order valence-electron chi connectivity index (χ1n) is 21.3. The van der Waals surface area contributed by atoms with Gasteiger partial charge in [0.15, 0.2) is 8.07 Å². The van der Waals surface area contributed by atoms with E-state index < -0.39 is 8.07 Å². The summed E-state index contributed by atoms with van der Waals surface area (Å²) < 4.78 is 14.5. The van der Waals surface area contributed by atoms with Crippen LogP contribution in [0.1, 0.15) is 74.9 Å². The molecule has 8 aromatic carbocycles. The monoisotopic (exact) mass is 790 g/mol. The largest absolute Gasteiger partial charge is 0.456 e. The van der Waals surface area contributed by atoms with Crippen molar-refractivity contribution < 1.29 is 9.47 Å². The highest BCUT2D eigenvalue weighted by Crippen LogP contribution is 2.59. The molecule has 3 heteroatoms. The number of fused-ring (bicyclic) bond motifs is 12. The lowest BCUT2D eigenvalue weighted by Crippen LogP contribution is -2.76. The van der Waals surface area contributed by atoms with E-state index in [1.165, 1.54) is 76.4 Å². The molecule has 4 aliphatic rings. The molecule has 2 heterocycles. The van der Waals surface area contributed by atoms with Gasteiger partial charge in [0.05, 0.1) is 0 Å². The summed E-state index contributed by atoms with van der Waals surface area (Å²) in [4.78, 5) is 0. The third-order valence-electron chi connectivity index (χ3n) is 14.7. The van der Waals surface area contributed by atoms with Crippen LogP contribution < -0.4 is 30.2 Å². The van der Waals surface area contributed by atoms with Crippen LogP contribution in [0.3, 0.4) is 0 Å². The van der Waals surface area contributed by atoms with Crippen LogP contribution in [0.2, 0.25) is 0 Å². The third-order valence-corrected chi connectivity index (χ3v) is 19.5. The summed E-state index contributed by atoms with van der Waals surface area (Å²) >= 11 is 0. The van der Waals surface area contributed by atoms with Crippen LogP contribution in [-0.4, -0.2) is 8.07 Å². The molecule has 2 aliphatic heterocycles. The summed E-state index contributed by atoms with van der Waals surface area (Å²) in [5.74, 6) is 3.91. The van der Waals surface area contributed by atoms with E-state index in [4.69, 9.17) is 9.47 Å². The Labute approximate surface area is 354 Å². The zero-order valence-electron chi connectivity index (χ0n) is 35.0. The molecule has 8 aromatic rings. The Morgan fingerprint density at radius 3 is 1.62 bits per heavy atom. The van der Waals surface area contributed by atoms with Crippen molar-refractivity contribution in [2.24, 2.45) is 0 Å². The number of ether oxygens (including phenoxy) is 2. The minimum absolute atomic E-state index is 0.158. The molecule has 290 valence electrons. The minimum Gasteiger partial charge on any atom is -0.456 e. The summed E-state index contributed by atoms with van der Waals surface area (Å²) in [5, 5.41) is 5.28. The average Bonchev–Trinajstić information content (AvgIpc) is 3.65.